The molecule has 0 radical (unpaired) electrons. The van der Waals surface area contributed by atoms with Gasteiger partial charge in [0.1, 0.15) is 18.1 Å². The van der Waals surface area contributed by atoms with Gasteiger partial charge in [0, 0.05) is 41.8 Å². The number of nitrogens with two attached hydrogens (primary N) is 1. The lowest BCUT2D eigenvalue weighted by molar-refractivity contribution is -0.142. The zero-order valence-corrected chi connectivity index (χ0v) is 21.8. The lowest BCUT2D eigenvalue weighted by Crippen LogP contribution is -2.59. The first-order chi connectivity index (χ1) is 18.6. The molecule has 0 fully saturated rings. The van der Waals surface area contributed by atoms with Crippen molar-refractivity contribution in [3.05, 3.63) is 54.2 Å². The summed E-state index contributed by atoms with van der Waals surface area (Å²) in [5, 5.41) is 27.9. The number of para-hydroxylation sites is 1. The third-order valence-electron chi connectivity index (χ3n) is 6.70. The van der Waals surface area contributed by atoms with E-state index in [2.05, 4.69) is 30.9 Å². The Balaban J connectivity index is 1.75. The fourth-order valence-electron chi connectivity index (χ4n) is 4.07. The molecule has 3 rings (SSSR count). The van der Waals surface area contributed by atoms with Crippen LogP contribution in [0.15, 0.2) is 43.0 Å². The number of nitrogens with one attached hydrogen (secondary N) is 5. The van der Waals surface area contributed by atoms with Crippen molar-refractivity contribution in [2.45, 2.75) is 57.3 Å². The van der Waals surface area contributed by atoms with E-state index in [0.717, 1.165) is 10.9 Å². The Kier molecular flexibility index (Phi) is 10.2. The van der Waals surface area contributed by atoms with E-state index in [1.807, 2.05) is 31.2 Å². The number of aliphatic hydroxyl groups is 1. The van der Waals surface area contributed by atoms with Gasteiger partial charge in [0.25, 0.3) is 0 Å². The van der Waals surface area contributed by atoms with Crippen molar-refractivity contribution < 1.29 is 29.4 Å². The second-order valence-corrected chi connectivity index (χ2v) is 9.46. The summed E-state index contributed by atoms with van der Waals surface area (Å²) in [5.74, 6) is -3.61. The first-order valence-electron chi connectivity index (χ1n) is 12.7. The quantitative estimate of drug-likeness (QED) is 0.134. The van der Waals surface area contributed by atoms with Crippen molar-refractivity contribution in [2.24, 2.45) is 11.7 Å². The van der Waals surface area contributed by atoms with E-state index in [0.29, 0.717) is 17.7 Å². The molecule has 3 amide bonds. The van der Waals surface area contributed by atoms with Crippen LogP contribution in [0.5, 0.6) is 0 Å². The third-order valence-corrected chi connectivity index (χ3v) is 6.70. The summed E-state index contributed by atoms with van der Waals surface area (Å²) in [6.07, 6.45) is 5.14. The number of aliphatic hydroxyl groups excluding tert-OH is 1. The molecule has 2 aromatic heterocycles. The molecule has 0 spiro atoms. The Morgan fingerprint density at radius 3 is 2.28 bits per heavy atom. The Bertz CT molecular complexity index is 1270. The molecule has 0 aliphatic carbocycles. The van der Waals surface area contributed by atoms with Crippen LogP contribution in [0.4, 0.5) is 0 Å². The lowest BCUT2D eigenvalue weighted by atomic mass is 9.99. The molecule has 0 saturated heterocycles. The number of carboxylic acid groups (broad SMARTS) is 1. The summed E-state index contributed by atoms with van der Waals surface area (Å²) in [6.45, 7) is 2.93. The number of hydrogen-bond acceptors (Lipinski definition) is 7. The van der Waals surface area contributed by atoms with Crippen LogP contribution in [-0.4, -0.2) is 79.6 Å². The summed E-state index contributed by atoms with van der Waals surface area (Å²) in [5.41, 5.74) is 7.96. The van der Waals surface area contributed by atoms with Crippen molar-refractivity contribution in [3.8, 4) is 0 Å². The largest absolute Gasteiger partial charge is 0.480 e. The molecule has 0 bridgehead atoms. The predicted octanol–water partition coefficient (Wildman–Crippen LogP) is -0.419. The molecule has 3 aromatic rings. The number of carboxylic acids is 1. The van der Waals surface area contributed by atoms with Crippen molar-refractivity contribution in [1.29, 1.82) is 0 Å². The predicted molar refractivity (Wildman–Crippen MR) is 142 cm³/mol. The van der Waals surface area contributed by atoms with Crippen LogP contribution in [0.3, 0.4) is 0 Å². The molecular weight excluding hydrogens is 506 g/mol. The van der Waals surface area contributed by atoms with Gasteiger partial charge in [-0.2, -0.15) is 0 Å². The van der Waals surface area contributed by atoms with E-state index in [-0.39, 0.29) is 18.8 Å². The normalized spacial score (nSPS) is 15.1. The monoisotopic (exact) mass is 541 g/mol. The molecule has 5 unspecified atom stereocenters. The average Bonchev–Trinajstić information content (AvgIpc) is 3.59. The molecule has 13 nitrogen and oxygen atoms in total. The van der Waals surface area contributed by atoms with Crippen molar-refractivity contribution >= 4 is 34.6 Å². The lowest BCUT2D eigenvalue weighted by Gasteiger charge is -2.25. The maximum absolute atomic E-state index is 13.3. The third kappa shape index (κ3) is 7.65. The maximum Gasteiger partial charge on any atom is 0.326 e. The van der Waals surface area contributed by atoms with Gasteiger partial charge >= 0.3 is 5.97 Å². The molecule has 9 N–H and O–H groups in total. The Morgan fingerprint density at radius 2 is 1.64 bits per heavy atom. The minimum atomic E-state index is -1.37. The van der Waals surface area contributed by atoms with Gasteiger partial charge in [-0.1, -0.05) is 38.5 Å². The fraction of sp³-hybridized carbons (Fsp3) is 0.423. The maximum atomic E-state index is 13.3. The number of nitrogens with zero attached hydrogens (tertiary/aromatic N) is 1. The first kappa shape index (κ1) is 29.3. The topological polar surface area (TPSA) is 215 Å². The van der Waals surface area contributed by atoms with Crippen molar-refractivity contribution in [3.63, 3.8) is 0 Å². The molecule has 2 heterocycles. The van der Waals surface area contributed by atoms with Gasteiger partial charge in [-0.3, -0.25) is 14.4 Å². The highest BCUT2D eigenvalue weighted by Gasteiger charge is 2.31. The van der Waals surface area contributed by atoms with E-state index in [1.54, 1.807) is 13.1 Å². The van der Waals surface area contributed by atoms with Gasteiger partial charge in [0.05, 0.1) is 19.0 Å². The molecule has 13 heteroatoms. The van der Waals surface area contributed by atoms with Crippen LogP contribution in [0.2, 0.25) is 0 Å². The van der Waals surface area contributed by atoms with Gasteiger partial charge in [-0.15, -0.1) is 0 Å². The van der Waals surface area contributed by atoms with Crippen LogP contribution in [-0.2, 0) is 32.0 Å². The van der Waals surface area contributed by atoms with Gasteiger partial charge in [-0.25, -0.2) is 9.78 Å². The number of carbonyl (C=O) groups is 4. The van der Waals surface area contributed by atoms with Crippen molar-refractivity contribution in [2.75, 3.05) is 6.61 Å². The molecule has 1 aromatic carbocycles. The van der Waals surface area contributed by atoms with E-state index in [4.69, 9.17) is 5.73 Å². The number of benzene rings is 1. The van der Waals surface area contributed by atoms with Crippen LogP contribution in [0, 0.1) is 5.92 Å². The number of hydrogen-bond donors (Lipinski definition) is 8. The van der Waals surface area contributed by atoms with Crippen LogP contribution < -0.4 is 21.7 Å². The molecular formula is C26H35N7O6. The van der Waals surface area contributed by atoms with Crippen molar-refractivity contribution in [1.82, 2.24) is 30.9 Å². The zero-order chi connectivity index (χ0) is 28.5. The first-order valence-corrected chi connectivity index (χ1v) is 12.7. The highest BCUT2D eigenvalue weighted by Crippen LogP contribution is 2.19. The second-order valence-electron chi connectivity index (χ2n) is 9.46. The number of aliphatic carboxylic acids is 1. The van der Waals surface area contributed by atoms with E-state index in [1.165, 1.54) is 12.5 Å². The van der Waals surface area contributed by atoms with Gasteiger partial charge < -0.3 is 41.9 Å². The number of imidazole rings is 1. The van der Waals surface area contributed by atoms with E-state index >= 15 is 0 Å². The zero-order valence-electron chi connectivity index (χ0n) is 21.8. The summed E-state index contributed by atoms with van der Waals surface area (Å²) < 4.78 is 0. The van der Waals surface area contributed by atoms with Gasteiger partial charge in [0.15, 0.2) is 0 Å². The smallest absolute Gasteiger partial charge is 0.326 e. The number of fused-ring (bicyclic) bond motifs is 1. The number of H-pyrrole nitrogens is 2. The molecule has 0 aliphatic rings. The fourth-order valence-corrected chi connectivity index (χ4v) is 4.07. The number of aromatic amines is 2. The van der Waals surface area contributed by atoms with Gasteiger partial charge in [0.2, 0.25) is 17.7 Å². The number of rotatable bonds is 14. The minimum Gasteiger partial charge on any atom is -0.480 e. The van der Waals surface area contributed by atoms with E-state index in [9.17, 15) is 29.4 Å². The highest BCUT2D eigenvalue weighted by molar-refractivity contribution is 5.94. The summed E-state index contributed by atoms with van der Waals surface area (Å²) in [4.78, 5) is 60.6. The minimum absolute atomic E-state index is 0.00135. The molecule has 0 saturated carbocycles. The summed E-state index contributed by atoms with van der Waals surface area (Å²) in [7, 11) is 0. The Labute approximate surface area is 225 Å². The molecule has 39 heavy (non-hydrogen) atoms. The molecule has 210 valence electrons. The Morgan fingerprint density at radius 1 is 0.974 bits per heavy atom. The van der Waals surface area contributed by atoms with Crippen LogP contribution in [0.25, 0.3) is 10.9 Å². The summed E-state index contributed by atoms with van der Waals surface area (Å²) >= 11 is 0. The number of aromatic nitrogens is 3. The number of amides is 3. The molecule has 5 atom stereocenters. The average molecular weight is 542 g/mol. The summed E-state index contributed by atoms with van der Waals surface area (Å²) in [6, 6.07) is 2.59. The van der Waals surface area contributed by atoms with Crippen LogP contribution >= 0.6 is 0 Å². The Hall–Kier alpha value is -4.23. The molecule has 0 aliphatic heterocycles. The van der Waals surface area contributed by atoms with Crippen LogP contribution in [0.1, 0.15) is 31.5 Å². The van der Waals surface area contributed by atoms with E-state index < -0.39 is 54.5 Å². The highest BCUT2D eigenvalue weighted by atomic mass is 16.4. The standard InChI is InChI=1S/C26H35N7O6/c1-3-14(2)22(27)25(37)33-21(12-34)24(36)31-19(9-16-11-28-13-30-16)23(35)32-20(26(38)39)8-15-10-29-18-7-5-4-6-17(15)18/h4-7,10-11,13-14,19-22,29,34H,3,8-9,12,27H2,1-2H3,(H,28,30)(H,31,36)(H,32,35)(H,33,37)(H,38,39). The SMILES string of the molecule is CCC(C)C(N)C(=O)NC(CO)C(=O)NC(Cc1cnc[nH]1)C(=O)NC(Cc1c[nH]c2ccccc12)C(=O)O. The second kappa shape index (κ2) is 13.5. The number of carbonyl (C=O) groups excluding carboxylic acids is 3. The van der Waals surface area contributed by atoms with Gasteiger partial charge in [-0.05, 0) is 17.5 Å².